The minimum Gasteiger partial charge on any atom is -0.273 e. The van der Waals surface area contributed by atoms with Crippen LogP contribution in [0, 0.1) is 27.4 Å². The fraction of sp³-hybridized carbons (Fsp3) is 0.529. The highest BCUT2D eigenvalue weighted by atomic mass is 16.6. The lowest BCUT2D eigenvalue weighted by Crippen LogP contribution is -2.23. The molecule has 1 N–H and O–H groups in total. The first-order chi connectivity index (χ1) is 10.9. The number of nitrogens with one attached hydrogen (secondary N) is 1. The highest BCUT2D eigenvalue weighted by Gasteiger charge is 2.64. The van der Waals surface area contributed by atoms with E-state index in [0.29, 0.717) is 17.2 Å². The van der Waals surface area contributed by atoms with E-state index < -0.39 is 4.92 Å². The molecule has 122 valence electrons. The summed E-state index contributed by atoms with van der Waals surface area (Å²) in [5, 5.41) is 15.0. The molecule has 0 heterocycles. The van der Waals surface area contributed by atoms with Crippen LogP contribution in [0.15, 0.2) is 29.4 Å². The lowest BCUT2D eigenvalue weighted by Gasteiger charge is -2.15. The predicted molar refractivity (Wildman–Crippen MR) is 87.0 cm³/mol. The molecule has 23 heavy (non-hydrogen) atoms. The van der Waals surface area contributed by atoms with Gasteiger partial charge in [-0.3, -0.25) is 14.9 Å². The summed E-state index contributed by atoms with van der Waals surface area (Å²) in [4.78, 5) is 22.7. The summed E-state index contributed by atoms with van der Waals surface area (Å²) in [7, 11) is 0. The van der Waals surface area contributed by atoms with Crippen LogP contribution in [-0.4, -0.2) is 16.5 Å². The number of amides is 1. The molecule has 0 saturated heterocycles. The molecule has 2 aliphatic rings. The number of hydrogen-bond acceptors (Lipinski definition) is 4. The Morgan fingerprint density at radius 2 is 2.22 bits per heavy atom. The van der Waals surface area contributed by atoms with Gasteiger partial charge in [-0.05, 0) is 31.1 Å². The molecule has 0 spiro atoms. The van der Waals surface area contributed by atoms with Crippen molar-refractivity contribution in [3.8, 4) is 0 Å². The van der Waals surface area contributed by atoms with Gasteiger partial charge in [0.1, 0.15) is 0 Å². The van der Waals surface area contributed by atoms with Crippen LogP contribution in [0.4, 0.5) is 5.69 Å². The zero-order valence-electron chi connectivity index (χ0n) is 13.4. The molecular weight excluding hydrogens is 294 g/mol. The number of non-ortho nitro benzene ring substituents is 1. The van der Waals surface area contributed by atoms with Crippen molar-refractivity contribution in [1.29, 1.82) is 0 Å². The summed E-state index contributed by atoms with van der Waals surface area (Å²) >= 11 is 0. The van der Waals surface area contributed by atoms with Gasteiger partial charge in [-0.2, -0.15) is 5.10 Å². The van der Waals surface area contributed by atoms with Crippen molar-refractivity contribution >= 4 is 17.3 Å². The molecule has 1 aromatic rings. The standard InChI is InChI=1S/C17H21N3O3/c1-11(12-6-5-7-13(10-12)20(22)23)18-19-16(21)15-14-8-3-4-9-17(14,15)2/h5-7,10,14-15H,3-4,8-9H2,1-2H3,(H,19,21)/b18-11-/t14-,15-,17+/m0/s1. The molecule has 0 bridgehead atoms. The number of nitrogens with zero attached hydrogens (tertiary/aromatic N) is 2. The van der Waals surface area contributed by atoms with Crippen LogP contribution in [0.3, 0.4) is 0 Å². The summed E-state index contributed by atoms with van der Waals surface area (Å²) in [6, 6.07) is 6.26. The highest BCUT2D eigenvalue weighted by molar-refractivity contribution is 6.00. The number of benzene rings is 1. The Balaban J connectivity index is 1.67. The zero-order chi connectivity index (χ0) is 16.6. The summed E-state index contributed by atoms with van der Waals surface area (Å²) in [6.07, 6.45) is 4.65. The van der Waals surface area contributed by atoms with Crippen LogP contribution in [0.5, 0.6) is 0 Å². The second-order valence-electron chi connectivity index (χ2n) is 6.82. The molecule has 0 aromatic heterocycles. The van der Waals surface area contributed by atoms with Crippen molar-refractivity contribution in [2.75, 3.05) is 0 Å². The molecule has 3 atom stereocenters. The SMILES string of the molecule is C/C(=N/NC(=O)[C@@H]1[C@@H]2CCCC[C@@]12C)c1cccc([N+](=O)[O-])c1. The zero-order valence-corrected chi connectivity index (χ0v) is 13.4. The third-order valence-corrected chi connectivity index (χ3v) is 5.42. The molecule has 2 fully saturated rings. The van der Waals surface area contributed by atoms with Crippen molar-refractivity contribution in [3.05, 3.63) is 39.9 Å². The summed E-state index contributed by atoms with van der Waals surface area (Å²) in [5.41, 5.74) is 4.02. The van der Waals surface area contributed by atoms with Crippen LogP contribution in [-0.2, 0) is 4.79 Å². The summed E-state index contributed by atoms with van der Waals surface area (Å²) in [6.45, 7) is 3.93. The number of nitro benzene ring substituents is 1. The van der Waals surface area contributed by atoms with Gasteiger partial charge in [0.25, 0.3) is 5.69 Å². The number of carbonyl (C=O) groups is 1. The Morgan fingerprint density at radius 3 is 2.87 bits per heavy atom. The first-order valence-corrected chi connectivity index (χ1v) is 8.02. The molecule has 6 heteroatoms. The van der Waals surface area contributed by atoms with Gasteiger partial charge in [-0.25, -0.2) is 5.43 Å². The Labute approximate surface area is 135 Å². The van der Waals surface area contributed by atoms with Crippen LogP contribution in [0.25, 0.3) is 0 Å². The fourth-order valence-electron chi connectivity index (χ4n) is 3.97. The maximum atomic E-state index is 12.4. The van der Waals surface area contributed by atoms with Crippen LogP contribution >= 0.6 is 0 Å². The topological polar surface area (TPSA) is 84.6 Å². The first-order valence-electron chi connectivity index (χ1n) is 8.02. The van der Waals surface area contributed by atoms with E-state index in [1.807, 2.05) is 0 Å². The Kier molecular flexibility index (Phi) is 3.92. The molecule has 0 aliphatic heterocycles. The van der Waals surface area contributed by atoms with Crippen LogP contribution in [0.2, 0.25) is 0 Å². The van der Waals surface area contributed by atoms with E-state index in [0.717, 1.165) is 12.8 Å². The number of nitro groups is 1. The maximum absolute atomic E-state index is 12.4. The number of fused-ring (bicyclic) bond motifs is 1. The number of carbonyl (C=O) groups excluding carboxylic acids is 1. The minimum atomic E-state index is -0.439. The van der Waals surface area contributed by atoms with E-state index in [1.165, 1.54) is 25.0 Å². The molecule has 6 nitrogen and oxygen atoms in total. The molecule has 2 saturated carbocycles. The van der Waals surface area contributed by atoms with Crippen molar-refractivity contribution in [3.63, 3.8) is 0 Å². The van der Waals surface area contributed by atoms with Gasteiger partial charge in [-0.1, -0.05) is 31.9 Å². The second-order valence-corrected chi connectivity index (χ2v) is 6.82. The lowest BCUT2D eigenvalue weighted by molar-refractivity contribution is -0.384. The van der Waals surface area contributed by atoms with E-state index in [2.05, 4.69) is 17.5 Å². The fourth-order valence-corrected chi connectivity index (χ4v) is 3.97. The highest BCUT2D eigenvalue weighted by Crippen LogP contribution is 2.66. The van der Waals surface area contributed by atoms with Gasteiger partial charge in [0, 0.05) is 23.6 Å². The monoisotopic (exact) mass is 315 g/mol. The summed E-state index contributed by atoms with van der Waals surface area (Å²) < 4.78 is 0. The Bertz CT molecular complexity index is 685. The smallest absolute Gasteiger partial charge is 0.270 e. The normalized spacial score (nSPS) is 29.6. The lowest BCUT2D eigenvalue weighted by atomic mass is 9.90. The van der Waals surface area contributed by atoms with Crippen LogP contribution < -0.4 is 5.43 Å². The quantitative estimate of drug-likeness (QED) is 0.526. The van der Waals surface area contributed by atoms with Gasteiger partial charge < -0.3 is 0 Å². The average Bonchev–Trinajstić information content (AvgIpc) is 3.18. The maximum Gasteiger partial charge on any atom is 0.270 e. The molecule has 1 amide bonds. The van der Waals surface area contributed by atoms with Gasteiger partial charge in [0.15, 0.2) is 0 Å². The average molecular weight is 315 g/mol. The van der Waals surface area contributed by atoms with Crippen molar-refractivity contribution in [1.82, 2.24) is 5.43 Å². The second kappa shape index (κ2) is 5.76. The third kappa shape index (κ3) is 2.85. The van der Waals surface area contributed by atoms with E-state index in [1.54, 1.807) is 19.1 Å². The predicted octanol–water partition coefficient (Wildman–Crippen LogP) is 3.26. The number of hydrazone groups is 1. The van der Waals surface area contributed by atoms with E-state index in [9.17, 15) is 14.9 Å². The van der Waals surface area contributed by atoms with Gasteiger partial charge >= 0.3 is 0 Å². The molecule has 0 unspecified atom stereocenters. The third-order valence-electron chi connectivity index (χ3n) is 5.42. The summed E-state index contributed by atoms with van der Waals surface area (Å²) in [5.74, 6) is 0.528. The molecule has 0 radical (unpaired) electrons. The van der Waals surface area contributed by atoms with E-state index in [4.69, 9.17) is 0 Å². The Hall–Kier alpha value is -2.24. The van der Waals surface area contributed by atoms with Crippen molar-refractivity contribution < 1.29 is 9.72 Å². The molecular formula is C17H21N3O3. The number of rotatable bonds is 4. The molecule has 2 aliphatic carbocycles. The van der Waals surface area contributed by atoms with E-state index >= 15 is 0 Å². The van der Waals surface area contributed by atoms with Gasteiger partial charge in [-0.15, -0.1) is 0 Å². The number of hydrogen-bond donors (Lipinski definition) is 1. The molecule has 3 rings (SSSR count). The van der Waals surface area contributed by atoms with Crippen LogP contribution in [0.1, 0.15) is 45.1 Å². The first kappa shape index (κ1) is 15.6. The van der Waals surface area contributed by atoms with Gasteiger partial charge in [0.05, 0.1) is 10.6 Å². The minimum absolute atomic E-state index is 0.0177. The van der Waals surface area contributed by atoms with Crippen molar-refractivity contribution in [2.45, 2.75) is 39.5 Å². The van der Waals surface area contributed by atoms with Gasteiger partial charge in [0.2, 0.25) is 5.91 Å². The molecule has 1 aromatic carbocycles. The Morgan fingerprint density at radius 1 is 1.43 bits per heavy atom. The van der Waals surface area contributed by atoms with E-state index in [-0.39, 0.29) is 22.9 Å². The largest absolute Gasteiger partial charge is 0.273 e. The van der Waals surface area contributed by atoms with Crippen molar-refractivity contribution in [2.24, 2.45) is 22.4 Å².